The van der Waals surface area contributed by atoms with Crippen molar-refractivity contribution in [3.63, 3.8) is 0 Å². The molecular formula is C3H3N4-. The molecule has 0 spiro atoms. The van der Waals surface area contributed by atoms with Crippen LogP contribution in [0.25, 0.3) is 5.53 Å². The van der Waals surface area contributed by atoms with E-state index < -0.39 is 0 Å². The zero-order valence-corrected chi connectivity index (χ0v) is 3.50. The predicted octanol–water partition coefficient (Wildman–Crippen LogP) is 1.06. The molecule has 0 fully saturated rings. The van der Waals surface area contributed by atoms with Gasteiger partial charge in [0.2, 0.25) is 0 Å². The van der Waals surface area contributed by atoms with Crippen LogP contribution in [-0.2, 0) is 0 Å². The first-order valence-electron chi connectivity index (χ1n) is 1.78. The first-order chi connectivity index (χ1) is 3.43. The van der Waals surface area contributed by atoms with Gasteiger partial charge >= 0.3 is 0 Å². The minimum Gasteiger partial charge on any atom is -0.705 e. The number of hydrogen-bond donors (Lipinski definition) is 1. The molecule has 0 aliphatic carbocycles. The Hall–Kier alpha value is -1.19. The average Bonchev–Trinajstić information content (AvgIpc) is 2.14. The fraction of sp³-hybridized carbons (Fsp3) is 0. The van der Waals surface area contributed by atoms with Crippen LogP contribution in [0.3, 0.4) is 0 Å². The van der Waals surface area contributed by atoms with E-state index in [2.05, 4.69) is 15.3 Å². The summed E-state index contributed by atoms with van der Waals surface area (Å²) in [7, 11) is 0. The predicted molar refractivity (Wildman–Crippen MR) is 24.0 cm³/mol. The van der Waals surface area contributed by atoms with Crippen LogP contribution in [0.4, 0.5) is 5.82 Å². The molecule has 1 aromatic heterocycles. The Bertz CT molecular complexity index is 142. The summed E-state index contributed by atoms with van der Waals surface area (Å²) in [5, 5.41) is 8.75. The monoisotopic (exact) mass is 95.0 g/mol. The third-order valence-corrected chi connectivity index (χ3v) is 0.594. The molecule has 0 amide bonds. The van der Waals surface area contributed by atoms with Crippen LogP contribution >= 0.6 is 0 Å². The molecule has 1 rings (SSSR count). The van der Waals surface area contributed by atoms with E-state index in [9.17, 15) is 0 Å². The summed E-state index contributed by atoms with van der Waals surface area (Å²) in [6.07, 6.45) is 1.51. The van der Waals surface area contributed by atoms with Gasteiger partial charge in [-0.1, -0.05) is 0 Å². The lowest BCUT2D eigenvalue weighted by Crippen LogP contribution is -1.59. The highest BCUT2D eigenvalue weighted by Crippen LogP contribution is 2.00. The number of aromatic amines is 1. The summed E-state index contributed by atoms with van der Waals surface area (Å²) in [5.41, 5.74) is 7.98. The molecule has 4 heteroatoms. The zero-order chi connectivity index (χ0) is 5.11. The molecule has 0 unspecified atom stereocenters. The van der Waals surface area contributed by atoms with Gasteiger partial charge in [0, 0.05) is 6.07 Å². The summed E-state index contributed by atoms with van der Waals surface area (Å²) in [4.78, 5) is 0. The van der Waals surface area contributed by atoms with Gasteiger partial charge in [-0.25, -0.2) is 0 Å². The van der Waals surface area contributed by atoms with Crippen molar-refractivity contribution in [2.24, 2.45) is 5.11 Å². The lowest BCUT2D eigenvalue weighted by Gasteiger charge is -1.82. The first kappa shape index (κ1) is 3.98. The topological polar surface area (TPSA) is 63.3 Å². The number of aromatic nitrogens is 2. The number of nitrogens with zero attached hydrogens (tertiary/aromatic N) is 3. The lowest BCUT2D eigenvalue weighted by molar-refractivity contribution is 1.08. The maximum atomic E-state index is 7.98. The molecule has 1 heterocycles. The van der Waals surface area contributed by atoms with Gasteiger partial charge in [-0.3, -0.25) is 5.10 Å². The van der Waals surface area contributed by atoms with E-state index in [0.717, 1.165) is 0 Å². The molecule has 1 N–H and O–H groups in total. The van der Waals surface area contributed by atoms with Gasteiger partial charge in [0.15, 0.2) is 0 Å². The molecule has 4 nitrogen and oxygen atoms in total. The van der Waals surface area contributed by atoms with E-state index in [1.807, 2.05) is 0 Å². The normalized spacial score (nSPS) is 8.57. The molecule has 0 radical (unpaired) electrons. The highest BCUT2D eigenvalue weighted by Gasteiger charge is 1.76. The van der Waals surface area contributed by atoms with Gasteiger partial charge < -0.3 is 10.6 Å². The molecule has 7 heavy (non-hydrogen) atoms. The third kappa shape index (κ3) is 0.623. The molecule has 0 saturated carbocycles. The maximum absolute atomic E-state index is 7.98. The summed E-state index contributed by atoms with van der Waals surface area (Å²) >= 11 is 0. The smallest absolute Gasteiger partial charge is 0.127 e. The lowest BCUT2D eigenvalue weighted by atomic mass is 10.7. The maximum Gasteiger partial charge on any atom is 0.127 e. The molecule has 0 bridgehead atoms. The summed E-state index contributed by atoms with van der Waals surface area (Å²) in [6, 6.07) is 1.56. The van der Waals surface area contributed by atoms with Crippen LogP contribution in [0, 0.1) is 0 Å². The van der Waals surface area contributed by atoms with Gasteiger partial charge in [0.05, 0.1) is 6.20 Å². The second-order valence-electron chi connectivity index (χ2n) is 1.04. The molecule has 0 aromatic carbocycles. The quantitative estimate of drug-likeness (QED) is 0.521. The molecule has 0 aliphatic rings. The Kier molecular flexibility index (Phi) is 0.856. The van der Waals surface area contributed by atoms with Crippen molar-refractivity contribution < 1.29 is 0 Å². The molecular weight excluding hydrogens is 92.1 g/mol. The van der Waals surface area contributed by atoms with E-state index in [1.54, 1.807) is 6.07 Å². The second kappa shape index (κ2) is 1.51. The minimum atomic E-state index is 0.375. The molecule has 0 aliphatic heterocycles. The van der Waals surface area contributed by atoms with Crippen LogP contribution in [-0.4, -0.2) is 10.2 Å². The van der Waals surface area contributed by atoms with Crippen molar-refractivity contribution in [3.05, 3.63) is 17.8 Å². The van der Waals surface area contributed by atoms with E-state index in [4.69, 9.17) is 5.53 Å². The van der Waals surface area contributed by atoms with E-state index >= 15 is 0 Å². The number of hydrogen-bond acceptors (Lipinski definition) is 2. The van der Waals surface area contributed by atoms with E-state index in [1.165, 1.54) is 6.20 Å². The van der Waals surface area contributed by atoms with Gasteiger partial charge in [-0.2, -0.15) is 5.10 Å². The van der Waals surface area contributed by atoms with Crippen LogP contribution in [0.2, 0.25) is 0 Å². The van der Waals surface area contributed by atoms with Gasteiger partial charge in [0.1, 0.15) is 5.82 Å². The Morgan fingerprint density at radius 2 is 2.71 bits per heavy atom. The number of rotatable bonds is 1. The van der Waals surface area contributed by atoms with Crippen LogP contribution in [0.1, 0.15) is 0 Å². The molecule has 0 saturated heterocycles. The second-order valence-corrected chi connectivity index (χ2v) is 1.04. The van der Waals surface area contributed by atoms with E-state index in [-0.39, 0.29) is 0 Å². The highest BCUT2D eigenvalue weighted by molar-refractivity contribution is 5.21. The first-order valence-corrected chi connectivity index (χ1v) is 1.78. The van der Waals surface area contributed by atoms with Crippen molar-refractivity contribution in [3.8, 4) is 0 Å². The van der Waals surface area contributed by atoms with E-state index in [0.29, 0.717) is 5.82 Å². The van der Waals surface area contributed by atoms with Crippen molar-refractivity contribution in [2.45, 2.75) is 0 Å². The van der Waals surface area contributed by atoms with Gasteiger partial charge in [-0.15, -0.1) is 0 Å². The Morgan fingerprint density at radius 1 is 1.86 bits per heavy atom. The van der Waals surface area contributed by atoms with Gasteiger partial charge in [-0.05, 0) is 0 Å². The zero-order valence-electron chi connectivity index (χ0n) is 3.50. The van der Waals surface area contributed by atoms with Crippen molar-refractivity contribution in [2.75, 3.05) is 0 Å². The van der Waals surface area contributed by atoms with Gasteiger partial charge in [0.25, 0.3) is 0 Å². The standard InChI is InChI=1S/C3H3N4/c4-6-3-1-2-5-7-3/h1-2H,(H,5,7)/q-1. The summed E-state index contributed by atoms with van der Waals surface area (Å²) in [5.74, 6) is 0.375. The largest absolute Gasteiger partial charge is 0.705 e. The number of H-pyrrole nitrogens is 1. The SMILES string of the molecule is [N-]=Nc1ccn[nH]1. The van der Waals surface area contributed by atoms with Crippen molar-refractivity contribution in [1.82, 2.24) is 10.2 Å². The fourth-order valence-corrected chi connectivity index (χ4v) is 0.304. The fourth-order valence-electron chi connectivity index (χ4n) is 0.304. The Labute approximate surface area is 40.1 Å². The molecule has 1 aromatic rings. The van der Waals surface area contributed by atoms with Crippen LogP contribution in [0.15, 0.2) is 17.4 Å². The minimum absolute atomic E-state index is 0.375. The van der Waals surface area contributed by atoms with Crippen molar-refractivity contribution in [1.29, 1.82) is 0 Å². The van der Waals surface area contributed by atoms with Crippen LogP contribution in [0.5, 0.6) is 0 Å². The summed E-state index contributed by atoms with van der Waals surface area (Å²) < 4.78 is 0. The molecule has 36 valence electrons. The van der Waals surface area contributed by atoms with Crippen LogP contribution < -0.4 is 0 Å². The third-order valence-electron chi connectivity index (χ3n) is 0.594. The average molecular weight is 95.1 g/mol. The number of nitrogens with one attached hydrogen (secondary N) is 1. The Morgan fingerprint density at radius 3 is 3.00 bits per heavy atom. The highest BCUT2D eigenvalue weighted by atomic mass is 15.2. The molecule has 0 atom stereocenters. The Balaban J connectivity index is 2.96. The van der Waals surface area contributed by atoms with Crippen molar-refractivity contribution >= 4 is 5.82 Å². The summed E-state index contributed by atoms with van der Waals surface area (Å²) in [6.45, 7) is 0.